The highest BCUT2D eigenvalue weighted by molar-refractivity contribution is 7.99. The third-order valence-electron chi connectivity index (χ3n) is 3.93. The van der Waals surface area contributed by atoms with E-state index in [4.69, 9.17) is 4.42 Å². The molecular formula is C18H15N5O2S. The molecule has 26 heavy (non-hydrogen) atoms. The summed E-state index contributed by atoms with van der Waals surface area (Å²) in [6.07, 6.45) is 2.97. The fourth-order valence-corrected chi connectivity index (χ4v) is 3.45. The standard InChI is InChI=1S/C18H15N5O2S/c1-11-12(2)21-18-19-10-20-23(18)17(11)26-14-7-5-13(6-8-14)22-16(24)15-4-3-9-25-15/h3-10H,1-2H3,(H,22,24). The first kappa shape index (κ1) is 16.3. The van der Waals surface area contributed by atoms with Crippen LogP contribution in [0.2, 0.25) is 0 Å². The zero-order valence-corrected chi connectivity index (χ0v) is 14.9. The number of hydrogen-bond acceptors (Lipinski definition) is 6. The van der Waals surface area contributed by atoms with Crippen molar-refractivity contribution in [1.29, 1.82) is 0 Å². The maximum Gasteiger partial charge on any atom is 0.291 e. The minimum atomic E-state index is -0.277. The normalized spacial score (nSPS) is 11.0. The summed E-state index contributed by atoms with van der Waals surface area (Å²) in [6, 6.07) is 10.9. The van der Waals surface area contributed by atoms with Gasteiger partial charge in [-0.2, -0.15) is 14.6 Å². The fourth-order valence-electron chi connectivity index (χ4n) is 2.44. The highest BCUT2D eigenvalue weighted by atomic mass is 32.2. The number of aryl methyl sites for hydroxylation is 1. The number of fused-ring (bicyclic) bond motifs is 1. The molecule has 0 aliphatic carbocycles. The van der Waals surface area contributed by atoms with Crippen LogP contribution in [0.5, 0.6) is 0 Å². The molecule has 0 atom stereocenters. The summed E-state index contributed by atoms with van der Waals surface area (Å²) < 4.78 is 6.83. The van der Waals surface area contributed by atoms with E-state index in [2.05, 4.69) is 20.4 Å². The molecule has 1 N–H and O–H groups in total. The summed E-state index contributed by atoms with van der Waals surface area (Å²) in [5.74, 6) is 0.582. The minimum absolute atomic E-state index is 0.277. The number of benzene rings is 1. The van der Waals surface area contributed by atoms with E-state index in [-0.39, 0.29) is 11.7 Å². The number of furan rings is 1. The van der Waals surface area contributed by atoms with Gasteiger partial charge < -0.3 is 9.73 Å². The van der Waals surface area contributed by atoms with Gasteiger partial charge in [-0.25, -0.2) is 4.98 Å². The number of amides is 1. The van der Waals surface area contributed by atoms with Gasteiger partial charge in [-0.05, 0) is 50.2 Å². The molecule has 8 heteroatoms. The van der Waals surface area contributed by atoms with E-state index in [1.165, 1.54) is 12.6 Å². The lowest BCUT2D eigenvalue weighted by atomic mass is 10.3. The molecule has 4 aromatic rings. The molecule has 0 unspecified atom stereocenters. The average Bonchev–Trinajstić information content (AvgIpc) is 3.32. The Balaban J connectivity index is 1.56. The van der Waals surface area contributed by atoms with Gasteiger partial charge in [0, 0.05) is 21.8 Å². The van der Waals surface area contributed by atoms with E-state index in [9.17, 15) is 4.79 Å². The van der Waals surface area contributed by atoms with Crippen molar-refractivity contribution >= 4 is 29.1 Å². The van der Waals surface area contributed by atoms with Crippen LogP contribution in [-0.2, 0) is 0 Å². The molecule has 0 fully saturated rings. The van der Waals surface area contributed by atoms with Crippen molar-refractivity contribution in [2.24, 2.45) is 0 Å². The Bertz CT molecular complexity index is 1070. The van der Waals surface area contributed by atoms with Crippen molar-refractivity contribution < 1.29 is 9.21 Å². The number of rotatable bonds is 4. The molecule has 0 saturated heterocycles. The van der Waals surface area contributed by atoms with Crippen LogP contribution < -0.4 is 5.32 Å². The molecule has 1 aromatic carbocycles. The summed E-state index contributed by atoms with van der Waals surface area (Å²) in [5.41, 5.74) is 2.68. The van der Waals surface area contributed by atoms with E-state index in [0.29, 0.717) is 11.5 Å². The van der Waals surface area contributed by atoms with Crippen LogP contribution >= 0.6 is 11.8 Å². The molecule has 3 aromatic heterocycles. The second-order valence-electron chi connectivity index (χ2n) is 5.66. The summed E-state index contributed by atoms with van der Waals surface area (Å²) in [4.78, 5) is 21.6. The Kier molecular flexibility index (Phi) is 4.18. The van der Waals surface area contributed by atoms with Crippen LogP contribution in [0.25, 0.3) is 5.78 Å². The summed E-state index contributed by atoms with van der Waals surface area (Å²) in [6.45, 7) is 3.98. The van der Waals surface area contributed by atoms with Crippen LogP contribution in [0, 0.1) is 13.8 Å². The van der Waals surface area contributed by atoms with Crippen molar-refractivity contribution in [1.82, 2.24) is 19.6 Å². The van der Waals surface area contributed by atoms with E-state index in [1.807, 2.05) is 38.1 Å². The maximum atomic E-state index is 12.0. The lowest BCUT2D eigenvalue weighted by molar-refractivity contribution is 0.0996. The Morgan fingerprint density at radius 1 is 1.19 bits per heavy atom. The summed E-state index contributed by atoms with van der Waals surface area (Å²) >= 11 is 1.58. The maximum absolute atomic E-state index is 12.0. The largest absolute Gasteiger partial charge is 0.459 e. The molecule has 130 valence electrons. The number of hydrogen-bond donors (Lipinski definition) is 1. The van der Waals surface area contributed by atoms with Crippen LogP contribution in [0.3, 0.4) is 0 Å². The molecule has 4 rings (SSSR count). The number of aromatic nitrogens is 4. The summed E-state index contributed by atoms with van der Waals surface area (Å²) in [7, 11) is 0. The molecule has 0 radical (unpaired) electrons. The smallest absolute Gasteiger partial charge is 0.291 e. The summed E-state index contributed by atoms with van der Waals surface area (Å²) in [5, 5.41) is 8.03. The van der Waals surface area contributed by atoms with E-state index in [0.717, 1.165) is 21.2 Å². The monoisotopic (exact) mass is 365 g/mol. The molecule has 0 aliphatic heterocycles. The molecule has 7 nitrogen and oxygen atoms in total. The lowest BCUT2D eigenvalue weighted by Gasteiger charge is -2.10. The van der Waals surface area contributed by atoms with Gasteiger partial charge in [0.1, 0.15) is 11.4 Å². The van der Waals surface area contributed by atoms with Gasteiger partial charge in [-0.3, -0.25) is 4.79 Å². The zero-order chi connectivity index (χ0) is 18.1. The molecule has 1 amide bonds. The van der Waals surface area contributed by atoms with Crippen molar-refractivity contribution in [3.05, 3.63) is 66.0 Å². The third-order valence-corrected chi connectivity index (χ3v) is 5.11. The minimum Gasteiger partial charge on any atom is -0.459 e. The Hall–Kier alpha value is -3.13. The average molecular weight is 365 g/mol. The van der Waals surface area contributed by atoms with Crippen molar-refractivity contribution in [2.45, 2.75) is 23.8 Å². The first-order chi connectivity index (χ1) is 12.6. The fraction of sp³-hybridized carbons (Fsp3) is 0.111. The van der Waals surface area contributed by atoms with Gasteiger partial charge >= 0.3 is 0 Å². The van der Waals surface area contributed by atoms with Gasteiger partial charge in [0.05, 0.1) is 6.26 Å². The predicted octanol–water partition coefficient (Wildman–Crippen LogP) is 3.74. The Labute approximate surface area is 153 Å². The molecule has 0 aliphatic rings. The molecule has 3 heterocycles. The van der Waals surface area contributed by atoms with Crippen LogP contribution in [0.4, 0.5) is 5.69 Å². The number of anilines is 1. The molecule has 0 bridgehead atoms. The van der Waals surface area contributed by atoms with Crippen LogP contribution in [0.15, 0.2) is 63.3 Å². The van der Waals surface area contributed by atoms with Gasteiger partial charge in [0.15, 0.2) is 5.76 Å². The highest BCUT2D eigenvalue weighted by Crippen LogP contribution is 2.31. The first-order valence-electron chi connectivity index (χ1n) is 7.91. The van der Waals surface area contributed by atoms with Crippen molar-refractivity contribution in [3.63, 3.8) is 0 Å². The van der Waals surface area contributed by atoms with Crippen LogP contribution in [0.1, 0.15) is 21.8 Å². The molecular weight excluding hydrogens is 350 g/mol. The lowest BCUT2D eigenvalue weighted by Crippen LogP contribution is -2.10. The Morgan fingerprint density at radius 3 is 2.73 bits per heavy atom. The van der Waals surface area contributed by atoms with Gasteiger partial charge in [0.25, 0.3) is 11.7 Å². The van der Waals surface area contributed by atoms with Crippen molar-refractivity contribution in [2.75, 3.05) is 5.32 Å². The topological polar surface area (TPSA) is 85.3 Å². The third kappa shape index (κ3) is 3.06. The van der Waals surface area contributed by atoms with Gasteiger partial charge in [0.2, 0.25) is 0 Å². The SMILES string of the molecule is Cc1nc2ncnn2c(Sc2ccc(NC(=O)c3ccco3)cc2)c1C. The van der Waals surface area contributed by atoms with E-state index in [1.54, 1.807) is 28.4 Å². The van der Waals surface area contributed by atoms with Crippen molar-refractivity contribution in [3.8, 4) is 0 Å². The van der Waals surface area contributed by atoms with E-state index < -0.39 is 0 Å². The van der Waals surface area contributed by atoms with E-state index >= 15 is 0 Å². The zero-order valence-electron chi connectivity index (χ0n) is 14.1. The molecule has 0 saturated carbocycles. The quantitative estimate of drug-likeness (QED) is 0.555. The number of carbonyl (C=O) groups excluding carboxylic acids is 1. The first-order valence-corrected chi connectivity index (χ1v) is 8.73. The van der Waals surface area contributed by atoms with Crippen LogP contribution in [-0.4, -0.2) is 25.5 Å². The Morgan fingerprint density at radius 2 is 2.00 bits per heavy atom. The molecule has 0 spiro atoms. The number of nitrogens with zero attached hydrogens (tertiary/aromatic N) is 4. The highest BCUT2D eigenvalue weighted by Gasteiger charge is 2.13. The number of nitrogens with one attached hydrogen (secondary N) is 1. The van der Waals surface area contributed by atoms with Gasteiger partial charge in [-0.15, -0.1) is 0 Å². The number of carbonyl (C=O) groups is 1. The second kappa shape index (κ2) is 6.64. The second-order valence-corrected chi connectivity index (χ2v) is 6.72. The predicted molar refractivity (Wildman–Crippen MR) is 97.5 cm³/mol. The van der Waals surface area contributed by atoms with Gasteiger partial charge in [-0.1, -0.05) is 11.8 Å².